The third-order valence-electron chi connectivity index (χ3n) is 5.36. The standard InChI is InChI=1S/C27H23BrCl2N2O4S/c1-34-12-11-32-26(33)25(37-27(32)31-20-6-8-21(35-2)9-7-20)14-17-3-10-24(22(28)13-17)36-16-18-4-5-19(29)15-23(18)30/h3-10,13-15H,11-12,16H2,1-2H3/b25-14-,31-27?. The highest BCUT2D eigenvalue weighted by Crippen LogP contribution is 2.36. The van der Waals surface area contributed by atoms with Crippen LogP contribution in [-0.2, 0) is 16.1 Å². The van der Waals surface area contributed by atoms with E-state index in [0.717, 1.165) is 27.0 Å². The van der Waals surface area contributed by atoms with Crippen molar-refractivity contribution >= 4 is 73.7 Å². The van der Waals surface area contributed by atoms with E-state index in [1.165, 1.54) is 11.8 Å². The molecule has 4 rings (SSSR count). The van der Waals surface area contributed by atoms with E-state index in [-0.39, 0.29) is 5.91 Å². The minimum atomic E-state index is -0.122. The summed E-state index contributed by atoms with van der Waals surface area (Å²) in [6, 6.07) is 18.3. The van der Waals surface area contributed by atoms with Crippen molar-refractivity contribution in [2.45, 2.75) is 6.61 Å². The molecule has 1 aliphatic rings. The molecule has 0 saturated carbocycles. The molecule has 0 unspecified atom stereocenters. The molecule has 0 atom stereocenters. The van der Waals surface area contributed by atoms with Gasteiger partial charge in [-0.2, -0.15) is 0 Å². The van der Waals surface area contributed by atoms with Gasteiger partial charge in [0, 0.05) is 22.7 Å². The molecule has 192 valence electrons. The Hall–Kier alpha value is -2.49. The Bertz CT molecular complexity index is 1350. The largest absolute Gasteiger partial charge is 0.497 e. The molecule has 1 aliphatic heterocycles. The van der Waals surface area contributed by atoms with Gasteiger partial charge < -0.3 is 14.2 Å². The Balaban J connectivity index is 1.52. The molecule has 0 bridgehead atoms. The third-order valence-corrected chi connectivity index (χ3v) is 7.57. The van der Waals surface area contributed by atoms with Gasteiger partial charge in [-0.1, -0.05) is 35.3 Å². The molecule has 1 fully saturated rings. The van der Waals surface area contributed by atoms with Gasteiger partial charge in [0.1, 0.15) is 18.1 Å². The zero-order valence-electron chi connectivity index (χ0n) is 20.0. The third kappa shape index (κ3) is 7.09. The van der Waals surface area contributed by atoms with E-state index in [4.69, 9.17) is 42.4 Å². The highest BCUT2D eigenvalue weighted by atomic mass is 79.9. The molecule has 0 N–H and O–H groups in total. The van der Waals surface area contributed by atoms with Crippen LogP contribution < -0.4 is 9.47 Å². The van der Waals surface area contributed by atoms with E-state index in [2.05, 4.69) is 15.9 Å². The number of halogens is 3. The Kier molecular flexibility index (Phi) is 9.56. The molecule has 6 nitrogen and oxygen atoms in total. The summed E-state index contributed by atoms with van der Waals surface area (Å²) < 4.78 is 17.1. The Morgan fingerprint density at radius 2 is 1.84 bits per heavy atom. The average Bonchev–Trinajstić information content (AvgIpc) is 3.17. The second-order valence-corrected chi connectivity index (χ2v) is 10.6. The molecule has 0 radical (unpaired) electrons. The van der Waals surface area contributed by atoms with Gasteiger partial charge in [-0.3, -0.25) is 9.69 Å². The first-order valence-corrected chi connectivity index (χ1v) is 13.5. The first-order chi connectivity index (χ1) is 17.9. The lowest BCUT2D eigenvalue weighted by Gasteiger charge is -2.14. The van der Waals surface area contributed by atoms with Crippen molar-refractivity contribution in [3.05, 3.63) is 91.2 Å². The van der Waals surface area contributed by atoms with Crippen LogP contribution in [0.25, 0.3) is 6.08 Å². The summed E-state index contributed by atoms with van der Waals surface area (Å²) in [6.07, 6.45) is 1.84. The van der Waals surface area contributed by atoms with Gasteiger partial charge in [0.15, 0.2) is 5.17 Å². The van der Waals surface area contributed by atoms with E-state index in [1.54, 1.807) is 31.3 Å². The van der Waals surface area contributed by atoms with E-state index < -0.39 is 0 Å². The SMILES string of the molecule is COCCN1C(=O)/C(=C/c2ccc(OCc3ccc(Cl)cc3Cl)c(Br)c2)SC1=Nc1ccc(OC)cc1. The summed E-state index contributed by atoms with van der Waals surface area (Å²) in [5, 5.41) is 1.72. The molecule has 0 aromatic heterocycles. The first kappa shape index (κ1) is 27.5. The predicted octanol–water partition coefficient (Wildman–Crippen LogP) is 7.59. The zero-order valence-corrected chi connectivity index (χ0v) is 24.0. The van der Waals surface area contributed by atoms with Gasteiger partial charge in [-0.15, -0.1) is 0 Å². The number of nitrogens with zero attached hydrogens (tertiary/aromatic N) is 2. The fourth-order valence-corrected chi connectivity index (χ4v) is 5.41. The minimum absolute atomic E-state index is 0.122. The van der Waals surface area contributed by atoms with Gasteiger partial charge in [0.2, 0.25) is 0 Å². The summed E-state index contributed by atoms with van der Waals surface area (Å²) in [5.74, 6) is 1.27. The van der Waals surface area contributed by atoms with E-state index >= 15 is 0 Å². The van der Waals surface area contributed by atoms with Gasteiger partial charge >= 0.3 is 0 Å². The topological polar surface area (TPSA) is 60.4 Å². The second-order valence-electron chi connectivity index (χ2n) is 7.87. The zero-order chi connectivity index (χ0) is 26.4. The molecule has 1 amide bonds. The maximum absolute atomic E-state index is 13.2. The van der Waals surface area contributed by atoms with E-state index in [9.17, 15) is 4.79 Å². The smallest absolute Gasteiger partial charge is 0.266 e. The lowest BCUT2D eigenvalue weighted by Crippen LogP contribution is -2.32. The summed E-state index contributed by atoms with van der Waals surface area (Å²) in [4.78, 5) is 20.1. The Morgan fingerprint density at radius 1 is 1.05 bits per heavy atom. The van der Waals surface area contributed by atoms with Crippen molar-refractivity contribution in [3.8, 4) is 11.5 Å². The van der Waals surface area contributed by atoms with Crippen molar-refractivity contribution in [1.82, 2.24) is 4.90 Å². The van der Waals surface area contributed by atoms with E-state index in [0.29, 0.717) is 45.6 Å². The number of hydrogen-bond acceptors (Lipinski definition) is 6. The predicted molar refractivity (Wildman–Crippen MR) is 154 cm³/mol. The van der Waals surface area contributed by atoms with Crippen LogP contribution in [0.4, 0.5) is 5.69 Å². The monoisotopic (exact) mass is 620 g/mol. The molecule has 10 heteroatoms. The molecule has 37 heavy (non-hydrogen) atoms. The summed E-state index contributed by atoms with van der Waals surface area (Å²) in [7, 11) is 3.22. The Morgan fingerprint density at radius 3 is 2.51 bits per heavy atom. The lowest BCUT2D eigenvalue weighted by molar-refractivity contribution is -0.122. The van der Waals surface area contributed by atoms with Crippen molar-refractivity contribution in [3.63, 3.8) is 0 Å². The van der Waals surface area contributed by atoms with Crippen LogP contribution in [0, 0.1) is 0 Å². The highest BCUT2D eigenvalue weighted by Gasteiger charge is 2.33. The number of carbonyl (C=O) groups excluding carboxylic acids is 1. The number of ether oxygens (including phenoxy) is 3. The average molecular weight is 622 g/mol. The Labute approximate surface area is 238 Å². The van der Waals surface area contributed by atoms with Crippen molar-refractivity contribution in [2.75, 3.05) is 27.4 Å². The van der Waals surface area contributed by atoms with Crippen LogP contribution in [0.2, 0.25) is 10.0 Å². The molecule has 1 heterocycles. The number of amidine groups is 1. The lowest BCUT2D eigenvalue weighted by atomic mass is 10.2. The van der Waals surface area contributed by atoms with Gasteiger partial charge in [-0.25, -0.2) is 4.99 Å². The van der Waals surface area contributed by atoms with Gasteiger partial charge in [0.05, 0.1) is 35.3 Å². The number of aliphatic imine (C=N–C) groups is 1. The van der Waals surface area contributed by atoms with E-state index in [1.807, 2.05) is 54.6 Å². The normalized spacial score (nSPS) is 15.6. The molecule has 3 aromatic carbocycles. The number of methoxy groups -OCH3 is 2. The van der Waals surface area contributed by atoms with Gasteiger partial charge in [-0.05, 0) is 87.9 Å². The molecule has 0 aliphatic carbocycles. The first-order valence-electron chi connectivity index (χ1n) is 11.2. The maximum Gasteiger partial charge on any atom is 0.266 e. The minimum Gasteiger partial charge on any atom is -0.497 e. The van der Waals surface area contributed by atoms with Crippen molar-refractivity contribution in [1.29, 1.82) is 0 Å². The van der Waals surface area contributed by atoms with Crippen LogP contribution >= 0.6 is 50.9 Å². The summed E-state index contributed by atoms with van der Waals surface area (Å²) >= 11 is 17.1. The fraction of sp³-hybridized carbons (Fsp3) is 0.185. The molecular weight excluding hydrogens is 599 g/mol. The summed E-state index contributed by atoms with van der Waals surface area (Å²) in [6.45, 7) is 1.10. The molecule has 3 aromatic rings. The number of thioether (sulfide) groups is 1. The number of rotatable bonds is 9. The molecule has 0 spiro atoms. The van der Waals surface area contributed by atoms with Crippen molar-refractivity contribution in [2.24, 2.45) is 4.99 Å². The van der Waals surface area contributed by atoms with Crippen LogP contribution in [0.15, 0.2) is 75.0 Å². The molecule has 1 saturated heterocycles. The second kappa shape index (κ2) is 12.8. The van der Waals surface area contributed by atoms with Gasteiger partial charge in [0.25, 0.3) is 5.91 Å². The van der Waals surface area contributed by atoms with Crippen LogP contribution in [0.5, 0.6) is 11.5 Å². The van der Waals surface area contributed by atoms with Crippen LogP contribution in [-0.4, -0.2) is 43.3 Å². The summed E-state index contributed by atoms with van der Waals surface area (Å²) in [5.41, 5.74) is 2.40. The molecular formula is C27H23BrCl2N2O4S. The number of amides is 1. The van der Waals surface area contributed by atoms with Crippen molar-refractivity contribution < 1.29 is 19.0 Å². The quantitative estimate of drug-likeness (QED) is 0.230. The fourth-order valence-electron chi connectivity index (χ4n) is 3.41. The van der Waals surface area contributed by atoms with Crippen LogP contribution in [0.1, 0.15) is 11.1 Å². The number of carbonyl (C=O) groups is 1. The van der Waals surface area contributed by atoms with Crippen LogP contribution in [0.3, 0.4) is 0 Å². The number of benzene rings is 3. The number of hydrogen-bond donors (Lipinski definition) is 0. The highest BCUT2D eigenvalue weighted by molar-refractivity contribution is 9.10. The maximum atomic E-state index is 13.2.